The number of nitrogens with zero attached hydrogens (tertiary/aromatic N) is 1. The highest BCUT2D eigenvalue weighted by Gasteiger charge is 2.25. The summed E-state index contributed by atoms with van der Waals surface area (Å²) in [6.45, 7) is 4.56. The Bertz CT molecular complexity index is 1370. The number of esters is 2. The molecule has 0 spiro atoms. The molecule has 404 valence electrons. The normalized spacial score (nSPS) is 13.3. The molecule has 0 aliphatic rings. The zero-order valence-corrected chi connectivity index (χ0v) is 46.2. The molecular weight excluding hydrogens is 871 g/mol. The highest BCUT2D eigenvalue weighted by molar-refractivity contribution is 5.70. The fraction of sp³-hybridized carbons (Fsp3) is 0.758. The van der Waals surface area contributed by atoms with Gasteiger partial charge in [-0.2, -0.15) is 0 Å². The van der Waals surface area contributed by atoms with Crippen LogP contribution in [0.1, 0.15) is 251 Å². The zero-order chi connectivity index (χ0) is 51.3. The smallest absolute Gasteiger partial charge is 0.306 e. The minimum absolute atomic E-state index is 0.0333. The highest BCUT2D eigenvalue weighted by atomic mass is 16.6. The number of carbonyl (C=O) groups is 3. The molecule has 0 aliphatic heterocycles. The van der Waals surface area contributed by atoms with Gasteiger partial charge in [0, 0.05) is 19.3 Å². The zero-order valence-electron chi connectivity index (χ0n) is 46.2. The molecule has 0 aromatic rings. The van der Waals surface area contributed by atoms with Gasteiger partial charge in [0.25, 0.3) is 0 Å². The van der Waals surface area contributed by atoms with Crippen LogP contribution in [0.2, 0.25) is 0 Å². The van der Waals surface area contributed by atoms with E-state index in [9.17, 15) is 19.5 Å². The number of quaternary nitrogens is 1. The minimum Gasteiger partial charge on any atom is -0.544 e. The van der Waals surface area contributed by atoms with Crippen LogP contribution in [0.15, 0.2) is 72.9 Å². The monoisotopic (exact) mass is 980 g/mol. The number of carboxylic acid groups (broad SMARTS) is 1. The van der Waals surface area contributed by atoms with Crippen molar-refractivity contribution in [3.63, 3.8) is 0 Å². The van der Waals surface area contributed by atoms with E-state index in [4.69, 9.17) is 14.2 Å². The first-order valence-corrected chi connectivity index (χ1v) is 29.0. The molecule has 8 heteroatoms. The summed E-state index contributed by atoms with van der Waals surface area (Å²) < 4.78 is 17.3. The molecular formula is C62H109NO7. The maximum Gasteiger partial charge on any atom is 0.306 e. The summed E-state index contributed by atoms with van der Waals surface area (Å²) >= 11 is 0. The maximum absolute atomic E-state index is 12.8. The summed E-state index contributed by atoms with van der Waals surface area (Å²) in [5.41, 5.74) is 0. The predicted octanol–water partition coefficient (Wildman–Crippen LogP) is 16.1. The maximum atomic E-state index is 12.8. The molecule has 8 nitrogen and oxygen atoms in total. The molecule has 0 heterocycles. The van der Waals surface area contributed by atoms with Crippen molar-refractivity contribution in [2.75, 3.05) is 41.0 Å². The molecule has 0 aromatic heterocycles. The van der Waals surface area contributed by atoms with Crippen LogP contribution in [-0.4, -0.2) is 75.5 Å². The first kappa shape index (κ1) is 66.8. The number of allylic oxidation sites excluding steroid dienone is 12. The first-order chi connectivity index (χ1) is 34.1. The molecule has 0 aliphatic carbocycles. The number of carbonyl (C=O) groups excluding carboxylic acids is 3. The van der Waals surface area contributed by atoms with Gasteiger partial charge >= 0.3 is 11.9 Å². The summed E-state index contributed by atoms with van der Waals surface area (Å²) in [6, 6.07) is -0.732. The fourth-order valence-electron chi connectivity index (χ4n) is 8.39. The lowest BCUT2D eigenvalue weighted by Crippen LogP contribution is -2.55. The fourth-order valence-corrected chi connectivity index (χ4v) is 8.39. The van der Waals surface area contributed by atoms with Gasteiger partial charge in [-0.3, -0.25) is 9.59 Å². The van der Waals surface area contributed by atoms with Crippen LogP contribution in [-0.2, 0) is 28.6 Å². The quantitative estimate of drug-likeness (QED) is 0.0259. The lowest BCUT2D eigenvalue weighted by Gasteiger charge is -2.34. The van der Waals surface area contributed by atoms with E-state index in [1.165, 1.54) is 141 Å². The third-order valence-corrected chi connectivity index (χ3v) is 12.8. The largest absolute Gasteiger partial charge is 0.544 e. The van der Waals surface area contributed by atoms with Gasteiger partial charge in [0.1, 0.15) is 12.6 Å². The average molecular weight is 981 g/mol. The number of hydrogen-bond acceptors (Lipinski definition) is 7. The summed E-state index contributed by atoms with van der Waals surface area (Å²) in [5, 5.41) is 11.7. The predicted molar refractivity (Wildman–Crippen MR) is 296 cm³/mol. The summed E-state index contributed by atoms with van der Waals surface area (Å²) in [4.78, 5) is 37.2. The number of hydrogen-bond donors (Lipinski definition) is 0. The van der Waals surface area contributed by atoms with Crippen LogP contribution in [0.5, 0.6) is 0 Å². The molecule has 70 heavy (non-hydrogen) atoms. The van der Waals surface area contributed by atoms with Crippen LogP contribution in [0, 0.1) is 0 Å². The third kappa shape index (κ3) is 49.7. The van der Waals surface area contributed by atoms with Crippen LogP contribution < -0.4 is 5.11 Å². The number of likely N-dealkylation sites (N-methyl/N-ethyl adjacent to an activating group) is 1. The topological polar surface area (TPSA) is 102 Å². The standard InChI is InChI=1S/C62H109NO7/c1-6-8-10-12-14-16-18-20-22-24-26-28-30-32-34-36-38-40-42-44-46-48-50-52-60(64)69-57-58(56-68-55-54-59(62(66)67)63(3,4)5)70-61(65)53-51-49-47-45-43-41-39-37-35-33-31-29-27-25-23-21-19-17-15-13-11-9-7-2/h8,10,14,16,20,22,26,28,32-35,58-59H,6-7,9,11-13,15,17-19,21,23-25,27,29-31,36-57H2,1-5H3/b10-8+,16-14+,22-20+,28-26+,34-32+,35-33+. The SMILES string of the molecule is CC/C=C/C/C=C/C/C=C/C/C=C/C/C=C/CCCCCCCCCC(=O)OCC(COCCC(C(=O)[O-])[N+](C)(C)C)OC(=O)CCCCCCCCC/C=C/CCCCCCCCCCCCCC. The Hall–Kier alpha value is -3.23. The van der Waals surface area contributed by atoms with Crippen molar-refractivity contribution < 1.29 is 38.2 Å². The minimum atomic E-state index is -1.13. The molecule has 0 saturated carbocycles. The van der Waals surface area contributed by atoms with Crippen molar-refractivity contribution in [1.29, 1.82) is 0 Å². The Morgan fingerprint density at radius 3 is 1.20 bits per heavy atom. The lowest BCUT2D eigenvalue weighted by atomic mass is 10.0. The molecule has 2 atom stereocenters. The van der Waals surface area contributed by atoms with E-state index in [0.717, 1.165) is 77.0 Å². The summed E-state index contributed by atoms with van der Waals surface area (Å²) in [6.07, 6.45) is 68.0. The average Bonchev–Trinajstić information content (AvgIpc) is 3.33. The van der Waals surface area contributed by atoms with Crippen molar-refractivity contribution >= 4 is 17.9 Å². The van der Waals surface area contributed by atoms with Crippen LogP contribution >= 0.6 is 0 Å². The van der Waals surface area contributed by atoms with E-state index in [-0.39, 0.29) is 42.7 Å². The first-order valence-electron chi connectivity index (χ1n) is 29.0. The van der Waals surface area contributed by atoms with E-state index in [1.54, 1.807) is 21.1 Å². The Morgan fingerprint density at radius 1 is 0.443 bits per heavy atom. The van der Waals surface area contributed by atoms with Crippen molar-refractivity contribution in [2.45, 2.75) is 264 Å². The molecule has 0 radical (unpaired) electrons. The van der Waals surface area contributed by atoms with Gasteiger partial charge < -0.3 is 28.6 Å². The van der Waals surface area contributed by atoms with Gasteiger partial charge in [0.05, 0.1) is 40.3 Å². The Labute approximate surface area is 431 Å². The van der Waals surface area contributed by atoms with E-state index in [0.29, 0.717) is 12.8 Å². The second-order valence-electron chi connectivity index (χ2n) is 20.5. The molecule has 0 rings (SSSR count). The number of ether oxygens (including phenoxy) is 3. The molecule has 2 unspecified atom stereocenters. The Kier molecular flexibility index (Phi) is 49.7. The summed E-state index contributed by atoms with van der Waals surface area (Å²) in [5.74, 6) is -1.75. The Balaban J connectivity index is 4.21. The Morgan fingerprint density at radius 2 is 0.800 bits per heavy atom. The van der Waals surface area contributed by atoms with E-state index < -0.39 is 18.1 Å². The van der Waals surface area contributed by atoms with Crippen molar-refractivity contribution in [2.24, 2.45) is 0 Å². The van der Waals surface area contributed by atoms with Crippen molar-refractivity contribution in [3.8, 4) is 0 Å². The van der Waals surface area contributed by atoms with Crippen LogP contribution in [0.4, 0.5) is 0 Å². The molecule has 0 N–H and O–H groups in total. The van der Waals surface area contributed by atoms with Crippen LogP contribution in [0.25, 0.3) is 0 Å². The van der Waals surface area contributed by atoms with Gasteiger partial charge in [0.15, 0.2) is 6.10 Å². The second kappa shape index (κ2) is 52.1. The van der Waals surface area contributed by atoms with Gasteiger partial charge in [-0.1, -0.05) is 222 Å². The molecule has 0 fully saturated rings. The highest BCUT2D eigenvalue weighted by Crippen LogP contribution is 2.16. The molecule has 0 aromatic carbocycles. The van der Waals surface area contributed by atoms with E-state index >= 15 is 0 Å². The van der Waals surface area contributed by atoms with E-state index in [2.05, 4.69) is 86.8 Å². The van der Waals surface area contributed by atoms with Crippen molar-refractivity contribution in [3.05, 3.63) is 72.9 Å². The molecule has 0 saturated heterocycles. The van der Waals surface area contributed by atoms with Gasteiger partial charge in [0.2, 0.25) is 0 Å². The second-order valence-corrected chi connectivity index (χ2v) is 20.5. The number of unbranched alkanes of at least 4 members (excludes halogenated alkanes) is 26. The summed E-state index contributed by atoms with van der Waals surface area (Å²) in [7, 11) is 5.42. The third-order valence-electron chi connectivity index (χ3n) is 12.8. The van der Waals surface area contributed by atoms with Gasteiger partial charge in [-0.15, -0.1) is 0 Å². The van der Waals surface area contributed by atoms with Gasteiger partial charge in [-0.05, 0) is 83.5 Å². The molecule has 0 amide bonds. The van der Waals surface area contributed by atoms with Gasteiger partial charge in [-0.25, -0.2) is 0 Å². The number of aliphatic carboxylic acids is 1. The van der Waals surface area contributed by atoms with E-state index in [1.807, 2.05) is 0 Å². The number of rotatable bonds is 52. The van der Waals surface area contributed by atoms with Crippen molar-refractivity contribution in [1.82, 2.24) is 0 Å². The van der Waals surface area contributed by atoms with Crippen LogP contribution in [0.3, 0.4) is 0 Å². The number of carboxylic acids is 1. The lowest BCUT2D eigenvalue weighted by molar-refractivity contribution is -0.889. The molecule has 0 bridgehead atoms.